The zero-order valence-corrected chi connectivity index (χ0v) is 26.2. The molecule has 0 aromatic heterocycles. The predicted octanol–water partition coefficient (Wildman–Crippen LogP) is 6.59. The van der Waals surface area contributed by atoms with Crippen LogP contribution in [0.15, 0.2) is 108 Å². The van der Waals surface area contributed by atoms with Gasteiger partial charge < -0.3 is 10.2 Å². The van der Waals surface area contributed by atoms with Gasteiger partial charge in [0.1, 0.15) is 12.6 Å². The number of rotatable bonds is 11. The lowest BCUT2D eigenvalue weighted by Crippen LogP contribution is -2.53. The summed E-state index contributed by atoms with van der Waals surface area (Å²) >= 11 is 12.2. The highest BCUT2D eigenvalue weighted by Crippen LogP contribution is 2.38. The van der Waals surface area contributed by atoms with Crippen LogP contribution in [0.4, 0.5) is 18.9 Å². The van der Waals surface area contributed by atoms with Crippen LogP contribution in [0.3, 0.4) is 0 Å². The number of hydrogen-bond donors (Lipinski definition) is 1. The first kappa shape index (κ1) is 33.8. The van der Waals surface area contributed by atoms with E-state index in [0.717, 1.165) is 12.1 Å². The molecule has 0 saturated heterocycles. The highest BCUT2D eigenvalue weighted by molar-refractivity contribution is 7.92. The fourth-order valence-electron chi connectivity index (χ4n) is 4.66. The van der Waals surface area contributed by atoms with Gasteiger partial charge in [-0.05, 0) is 47.5 Å². The third-order valence-electron chi connectivity index (χ3n) is 6.97. The van der Waals surface area contributed by atoms with E-state index >= 15 is 0 Å². The first-order chi connectivity index (χ1) is 21.3. The first-order valence-corrected chi connectivity index (χ1v) is 15.8. The molecule has 0 aliphatic carbocycles. The number of halogens is 5. The molecule has 0 saturated carbocycles. The van der Waals surface area contributed by atoms with Crippen molar-refractivity contribution in [3.8, 4) is 0 Å². The summed E-state index contributed by atoms with van der Waals surface area (Å²) in [6, 6.07) is 23.9. The fraction of sp³-hybridized carbons (Fsp3) is 0.188. The Morgan fingerprint density at radius 1 is 0.844 bits per heavy atom. The number of sulfonamides is 1. The summed E-state index contributed by atoms with van der Waals surface area (Å²) in [7, 11) is -3.20. The van der Waals surface area contributed by atoms with Crippen LogP contribution in [0.2, 0.25) is 10.0 Å². The monoisotopic (exact) mass is 677 g/mol. The predicted molar refractivity (Wildman–Crippen MR) is 167 cm³/mol. The third-order valence-corrected chi connectivity index (χ3v) is 9.46. The fourth-order valence-corrected chi connectivity index (χ4v) is 6.51. The van der Waals surface area contributed by atoms with Crippen LogP contribution in [0, 0.1) is 0 Å². The van der Waals surface area contributed by atoms with Crippen LogP contribution < -0.4 is 9.62 Å². The van der Waals surface area contributed by atoms with E-state index in [2.05, 4.69) is 5.32 Å². The number of alkyl halides is 3. The van der Waals surface area contributed by atoms with E-state index in [1.54, 1.807) is 60.7 Å². The Morgan fingerprint density at radius 3 is 2.04 bits per heavy atom. The minimum atomic E-state index is -4.91. The van der Waals surface area contributed by atoms with Crippen LogP contribution in [0.25, 0.3) is 0 Å². The molecule has 236 valence electrons. The molecule has 4 aromatic rings. The molecule has 1 atom stereocenters. The standard InChI is InChI=1S/C32H28Cl2F3N3O4S/c1-38-31(42)29(18-22-10-4-2-5-11-22)39(20-23-12-8-9-15-27(23)33)30(41)21-40(45(43,44)25-13-6-3-7-14-25)24-16-17-28(34)26(19-24)32(35,36)37/h2-17,19,29H,18,20-21H2,1H3,(H,38,42)/t29-/m1/s1. The molecule has 1 N–H and O–H groups in total. The number of anilines is 1. The molecular weight excluding hydrogens is 650 g/mol. The van der Waals surface area contributed by atoms with E-state index in [1.807, 2.05) is 0 Å². The van der Waals surface area contributed by atoms with Crippen molar-refractivity contribution in [3.63, 3.8) is 0 Å². The Hall–Kier alpha value is -4.06. The summed E-state index contributed by atoms with van der Waals surface area (Å²) < 4.78 is 70.0. The quantitative estimate of drug-likeness (QED) is 0.194. The van der Waals surface area contributed by atoms with Gasteiger partial charge in [0.25, 0.3) is 10.0 Å². The molecule has 45 heavy (non-hydrogen) atoms. The van der Waals surface area contributed by atoms with E-state index in [-0.39, 0.29) is 17.9 Å². The summed E-state index contributed by atoms with van der Waals surface area (Å²) in [4.78, 5) is 28.5. The normalized spacial score (nSPS) is 12.3. The number of likely N-dealkylation sites (N-methyl/N-ethyl adjacent to an activating group) is 1. The van der Waals surface area contributed by atoms with Crippen molar-refractivity contribution in [2.45, 2.75) is 30.1 Å². The van der Waals surface area contributed by atoms with Gasteiger partial charge >= 0.3 is 6.18 Å². The van der Waals surface area contributed by atoms with Crippen molar-refractivity contribution in [1.82, 2.24) is 10.2 Å². The molecule has 13 heteroatoms. The third kappa shape index (κ3) is 8.16. The minimum absolute atomic E-state index is 0.0569. The molecule has 0 spiro atoms. The Kier molecular flexibility index (Phi) is 10.8. The van der Waals surface area contributed by atoms with Crippen molar-refractivity contribution in [2.75, 3.05) is 17.9 Å². The molecule has 4 rings (SSSR count). The van der Waals surface area contributed by atoms with Gasteiger partial charge in [0.2, 0.25) is 11.8 Å². The zero-order chi connectivity index (χ0) is 32.8. The SMILES string of the molecule is CNC(=O)[C@@H](Cc1ccccc1)N(Cc1ccccc1Cl)C(=O)CN(c1ccc(Cl)c(C(F)(F)F)c1)S(=O)(=O)c1ccccc1. The smallest absolute Gasteiger partial charge is 0.357 e. The largest absolute Gasteiger partial charge is 0.417 e. The van der Waals surface area contributed by atoms with E-state index < -0.39 is 56.9 Å². The molecule has 7 nitrogen and oxygen atoms in total. The molecule has 0 bridgehead atoms. The highest BCUT2D eigenvalue weighted by Gasteiger charge is 2.37. The van der Waals surface area contributed by atoms with Gasteiger partial charge in [0.15, 0.2) is 0 Å². The molecule has 0 radical (unpaired) electrons. The molecule has 0 heterocycles. The second-order valence-corrected chi connectivity index (χ2v) is 12.6. The Morgan fingerprint density at radius 2 is 1.44 bits per heavy atom. The van der Waals surface area contributed by atoms with Crippen LogP contribution in [0.1, 0.15) is 16.7 Å². The van der Waals surface area contributed by atoms with Crippen LogP contribution in [0.5, 0.6) is 0 Å². The van der Waals surface area contributed by atoms with Crippen molar-refractivity contribution in [1.29, 1.82) is 0 Å². The molecule has 4 aromatic carbocycles. The van der Waals surface area contributed by atoms with E-state index in [1.165, 1.54) is 36.2 Å². The number of amides is 2. The zero-order valence-electron chi connectivity index (χ0n) is 23.8. The lowest BCUT2D eigenvalue weighted by molar-refractivity contribution is -0.139. The average molecular weight is 679 g/mol. The topological polar surface area (TPSA) is 86.8 Å². The van der Waals surface area contributed by atoms with E-state index in [0.29, 0.717) is 26.5 Å². The summed E-state index contributed by atoms with van der Waals surface area (Å²) in [5.74, 6) is -1.40. The molecular formula is C32H28Cl2F3N3O4S. The summed E-state index contributed by atoms with van der Waals surface area (Å²) in [5, 5.41) is 2.21. The van der Waals surface area contributed by atoms with Crippen molar-refractivity contribution in [3.05, 3.63) is 130 Å². The maximum absolute atomic E-state index is 14.3. The highest BCUT2D eigenvalue weighted by atomic mass is 35.5. The summed E-state index contributed by atoms with van der Waals surface area (Å²) in [6.07, 6.45) is -4.85. The van der Waals surface area contributed by atoms with Crippen molar-refractivity contribution < 1.29 is 31.2 Å². The van der Waals surface area contributed by atoms with Gasteiger partial charge in [-0.25, -0.2) is 8.42 Å². The average Bonchev–Trinajstić information content (AvgIpc) is 3.02. The lowest BCUT2D eigenvalue weighted by Gasteiger charge is -2.34. The number of benzene rings is 4. The number of carbonyl (C=O) groups excluding carboxylic acids is 2. The van der Waals surface area contributed by atoms with Gasteiger partial charge in [-0.3, -0.25) is 13.9 Å². The summed E-state index contributed by atoms with van der Waals surface area (Å²) in [5.41, 5.74) is -0.536. The van der Waals surface area contributed by atoms with Crippen LogP contribution in [-0.2, 0) is 38.8 Å². The second kappa shape index (κ2) is 14.4. The van der Waals surface area contributed by atoms with Crippen LogP contribution in [-0.4, -0.2) is 44.8 Å². The first-order valence-electron chi connectivity index (χ1n) is 13.6. The molecule has 0 aliphatic heterocycles. The van der Waals surface area contributed by atoms with Gasteiger partial charge in [0.05, 0.1) is 21.2 Å². The van der Waals surface area contributed by atoms with Gasteiger partial charge in [0, 0.05) is 25.0 Å². The summed E-state index contributed by atoms with van der Waals surface area (Å²) in [6.45, 7) is -1.14. The lowest BCUT2D eigenvalue weighted by atomic mass is 10.0. The number of carbonyl (C=O) groups is 2. The second-order valence-electron chi connectivity index (χ2n) is 9.92. The van der Waals surface area contributed by atoms with E-state index in [4.69, 9.17) is 23.2 Å². The molecule has 0 unspecified atom stereocenters. The molecule has 0 fully saturated rings. The maximum Gasteiger partial charge on any atom is 0.417 e. The van der Waals surface area contributed by atoms with Crippen LogP contribution >= 0.6 is 23.2 Å². The molecule has 0 aliphatic rings. The van der Waals surface area contributed by atoms with Crippen molar-refractivity contribution in [2.24, 2.45) is 0 Å². The van der Waals surface area contributed by atoms with Gasteiger partial charge in [-0.15, -0.1) is 0 Å². The van der Waals surface area contributed by atoms with Gasteiger partial charge in [-0.1, -0.05) is 89.9 Å². The Labute approximate surface area is 269 Å². The minimum Gasteiger partial charge on any atom is -0.357 e. The van der Waals surface area contributed by atoms with E-state index in [9.17, 15) is 31.2 Å². The maximum atomic E-state index is 14.3. The van der Waals surface area contributed by atoms with Gasteiger partial charge in [-0.2, -0.15) is 13.2 Å². The Balaban J connectivity index is 1.85. The molecule has 2 amide bonds. The van der Waals surface area contributed by atoms with Crippen molar-refractivity contribution >= 4 is 50.7 Å². The number of nitrogens with one attached hydrogen (secondary N) is 1. The number of nitrogens with zero attached hydrogens (tertiary/aromatic N) is 2. The Bertz CT molecular complexity index is 1760. The number of hydrogen-bond acceptors (Lipinski definition) is 4.